The van der Waals surface area contributed by atoms with Crippen LogP contribution in [0.15, 0.2) is 18.2 Å². The van der Waals surface area contributed by atoms with Crippen LogP contribution in [-0.2, 0) is 11.2 Å². The van der Waals surface area contributed by atoms with Crippen LogP contribution in [0.5, 0.6) is 0 Å². The summed E-state index contributed by atoms with van der Waals surface area (Å²) in [5.41, 5.74) is 1.48. The highest BCUT2D eigenvalue weighted by molar-refractivity contribution is 5.99. The molecule has 122 valence electrons. The lowest BCUT2D eigenvalue weighted by atomic mass is 10.0. The van der Waals surface area contributed by atoms with Crippen molar-refractivity contribution in [3.05, 3.63) is 35.2 Å². The lowest BCUT2D eigenvalue weighted by Crippen LogP contribution is -2.40. The minimum atomic E-state index is -0.332. The maximum atomic E-state index is 12.3. The zero-order valence-corrected chi connectivity index (χ0v) is 13.6. The average molecular weight is 316 g/mol. The molecule has 0 aliphatic rings. The van der Waals surface area contributed by atoms with E-state index in [0.29, 0.717) is 22.6 Å². The Bertz CT molecular complexity index is 703. The molecular weight excluding hydrogens is 296 g/mol. The monoisotopic (exact) mass is 316 g/mol. The van der Waals surface area contributed by atoms with E-state index in [0.717, 1.165) is 0 Å². The highest BCUT2D eigenvalue weighted by Crippen LogP contribution is 2.20. The van der Waals surface area contributed by atoms with E-state index < -0.39 is 0 Å². The fourth-order valence-corrected chi connectivity index (χ4v) is 2.02. The maximum Gasteiger partial charge on any atom is 0.252 e. The zero-order chi connectivity index (χ0) is 17.0. The molecular formula is C15H20N6O2. The van der Waals surface area contributed by atoms with Gasteiger partial charge in [0, 0.05) is 16.8 Å². The summed E-state index contributed by atoms with van der Waals surface area (Å²) >= 11 is 0. The van der Waals surface area contributed by atoms with E-state index in [1.165, 1.54) is 0 Å². The van der Waals surface area contributed by atoms with Gasteiger partial charge in [-0.15, -0.1) is 10.2 Å². The highest BCUT2D eigenvalue weighted by Gasteiger charge is 2.18. The molecule has 2 aromatic rings. The number of nitrogens with one attached hydrogen (secondary N) is 3. The summed E-state index contributed by atoms with van der Waals surface area (Å²) in [4.78, 5) is 24.3. The molecule has 0 atom stereocenters. The van der Waals surface area contributed by atoms with Gasteiger partial charge in [-0.05, 0) is 45.4 Å². The molecule has 0 aliphatic heterocycles. The van der Waals surface area contributed by atoms with E-state index in [-0.39, 0.29) is 23.8 Å². The van der Waals surface area contributed by atoms with Crippen molar-refractivity contribution in [2.75, 3.05) is 5.32 Å². The van der Waals surface area contributed by atoms with Crippen LogP contribution in [0.2, 0.25) is 0 Å². The van der Waals surface area contributed by atoms with Crippen molar-refractivity contribution in [2.24, 2.45) is 0 Å². The van der Waals surface area contributed by atoms with Gasteiger partial charge in [-0.2, -0.15) is 5.21 Å². The fraction of sp³-hybridized carbons (Fsp3) is 0.400. The molecule has 8 nitrogen and oxygen atoms in total. The quantitative estimate of drug-likeness (QED) is 0.785. The molecule has 2 amide bonds. The number of nitrogens with zero attached hydrogens (tertiary/aromatic N) is 3. The second kappa shape index (κ2) is 6.55. The number of aromatic amines is 1. The number of amides is 2. The second-order valence-corrected chi connectivity index (χ2v) is 6.24. The van der Waals surface area contributed by atoms with Gasteiger partial charge in [-0.25, -0.2) is 0 Å². The van der Waals surface area contributed by atoms with Crippen molar-refractivity contribution in [1.82, 2.24) is 25.9 Å². The number of aromatic nitrogens is 4. The molecule has 0 saturated heterocycles. The van der Waals surface area contributed by atoms with Crippen LogP contribution in [0.3, 0.4) is 0 Å². The Hall–Kier alpha value is -2.77. The molecule has 0 bridgehead atoms. The Morgan fingerprint density at radius 3 is 2.61 bits per heavy atom. The van der Waals surface area contributed by atoms with Gasteiger partial charge < -0.3 is 10.6 Å². The Morgan fingerprint density at radius 2 is 2.00 bits per heavy atom. The minimum absolute atomic E-state index is 0.00829. The molecule has 3 N–H and O–H groups in total. The third kappa shape index (κ3) is 4.60. The van der Waals surface area contributed by atoms with E-state index in [4.69, 9.17) is 0 Å². The normalized spacial score (nSPS) is 11.1. The minimum Gasteiger partial charge on any atom is -0.347 e. The molecule has 2 rings (SSSR count). The van der Waals surface area contributed by atoms with Crippen LogP contribution in [-0.4, -0.2) is 38.0 Å². The molecule has 0 radical (unpaired) electrons. The highest BCUT2D eigenvalue weighted by atomic mass is 16.2. The first-order valence-electron chi connectivity index (χ1n) is 7.20. The van der Waals surface area contributed by atoms with Gasteiger partial charge in [0.1, 0.15) is 0 Å². The van der Waals surface area contributed by atoms with Crippen molar-refractivity contribution in [2.45, 2.75) is 39.7 Å². The Labute approximate surface area is 134 Å². The molecule has 1 aromatic carbocycles. The van der Waals surface area contributed by atoms with Gasteiger partial charge >= 0.3 is 0 Å². The van der Waals surface area contributed by atoms with E-state index in [1.54, 1.807) is 25.1 Å². The Kier molecular flexibility index (Phi) is 4.73. The molecule has 0 spiro atoms. The molecule has 0 fully saturated rings. The molecule has 0 aliphatic carbocycles. The number of benzene rings is 1. The van der Waals surface area contributed by atoms with Crippen LogP contribution >= 0.6 is 0 Å². The third-order valence-corrected chi connectivity index (χ3v) is 3.05. The van der Waals surface area contributed by atoms with Crippen LogP contribution in [0.25, 0.3) is 0 Å². The predicted molar refractivity (Wildman–Crippen MR) is 84.9 cm³/mol. The zero-order valence-electron chi connectivity index (χ0n) is 13.6. The average Bonchev–Trinajstić information content (AvgIpc) is 2.91. The molecule has 8 heteroatoms. The maximum absolute atomic E-state index is 12.3. The van der Waals surface area contributed by atoms with Crippen molar-refractivity contribution in [1.29, 1.82) is 0 Å². The lowest BCUT2D eigenvalue weighted by molar-refractivity contribution is -0.115. The SMILES string of the molecule is Cc1c(NC(=O)Cc2nn[nH]n2)cccc1C(=O)NC(C)(C)C. The molecule has 23 heavy (non-hydrogen) atoms. The van der Waals surface area contributed by atoms with Crippen LogP contribution in [0.4, 0.5) is 5.69 Å². The number of rotatable bonds is 4. The van der Waals surface area contributed by atoms with Crippen molar-refractivity contribution in [3.63, 3.8) is 0 Å². The largest absolute Gasteiger partial charge is 0.347 e. The number of hydrogen-bond donors (Lipinski definition) is 3. The van der Waals surface area contributed by atoms with Gasteiger partial charge in [-0.3, -0.25) is 9.59 Å². The van der Waals surface area contributed by atoms with Gasteiger partial charge in [-0.1, -0.05) is 11.3 Å². The van der Waals surface area contributed by atoms with E-state index in [2.05, 4.69) is 31.3 Å². The summed E-state index contributed by atoms with van der Waals surface area (Å²) in [5.74, 6) is -0.145. The number of tetrazole rings is 1. The van der Waals surface area contributed by atoms with Crippen molar-refractivity contribution in [3.8, 4) is 0 Å². The number of H-pyrrole nitrogens is 1. The van der Waals surface area contributed by atoms with Crippen molar-refractivity contribution < 1.29 is 9.59 Å². The first kappa shape index (κ1) is 16.6. The fourth-order valence-electron chi connectivity index (χ4n) is 2.02. The van der Waals surface area contributed by atoms with E-state index >= 15 is 0 Å². The molecule has 0 unspecified atom stereocenters. The Morgan fingerprint density at radius 1 is 1.26 bits per heavy atom. The first-order valence-corrected chi connectivity index (χ1v) is 7.20. The summed E-state index contributed by atoms with van der Waals surface area (Å²) < 4.78 is 0. The van der Waals surface area contributed by atoms with Gasteiger partial charge in [0.25, 0.3) is 5.91 Å². The first-order chi connectivity index (χ1) is 10.8. The smallest absolute Gasteiger partial charge is 0.252 e. The van der Waals surface area contributed by atoms with E-state index in [9.17, 15) is 9.59 Å². The number of hydrogen-bond acceptors (Lipinski definition) is 5. The Balaban J connectivity index is 2.13. The summed E-state index contributed by atoms with van der Waals surface area (Å²) in [6.07, 6.45) is 0.00829. The lowest BCUT2D eigenvalue weighted by Gasteiger charge is -2.21. The summed E-state index contributed by atoms with van der Waals surface area (Å²) in [5, 5.41) is 18.8. The summed E-state index contributed by atoms with van der Waals surface area (Å²) in [7, 11) is 0. The standard InChI is InChI=1S/C15H20N6O2/c1-9-10(14(23)17-15(2,3)4)6-5-7-11(9)16-13(22)8-12-18-20-21-19-12/h5-7H,8H2,1-4H3,(H,16,22)(H,17,23)(H,18,19,20,21). The number of anilines is 1. The third-order valence-electron chi connectivity index (χ3n) is 3.05. The van der Waals surface area contributed by atoms with Crippen LogP contribution in [0.1, 0.15) is 42.5 Å². The predicted octanol–water partition coefficient (Wildman–Crippen LogP) is 1.22. The molecule has 1 heterocycles. The molecule has 0 saturated carbocycles. The van der Waals surface area contributed by atoms with E-state index in [1.807, 2.05) is 20.8 Å². The topological polar surface area (TPSA) is 113 Å². The summed E-state index contributed by atoms with van der Waals surface area (Å²) in [6, 6.07) is 5.21. The van der Waals surface area contributed by atoms with Gasteiger partial charge in [0.15, 0.2) is 5.82 Å². The van der Waals surface area contributed by atoms with Crippen molar-refractivity contribution >= 4 is 17.5 Å². The number of carbonyl (C=O) groups is 2. The number of carbonyl (C=O) groups excluding carboxylic acids is 2. The molecule has 1 aromatic heterocycles. The van der Waals surface area contributed by atoms with Crippen LogP contribution in [0, 0.1) is 6.92 Å². The van der Waals surface area contributed by atoms with Crippen LogP contribution < -0.4 is 10.6 Å². The van der Waals surface area contributed by atoms with Gasteiger partial charge in [0.05, 0.1) is 6.42 Å². The van der Waals surface area contributed by atoms with Gasteiger partial charge in [0.2, 0.25) is 5.91 Å². The second-order valence-electron chi connectivity index (χ2n) is 6.24. The summed E-state index contributed by atoms with van der Waals surface area (Å²) in [6.45, 7) is 7.53.